The molecule has 4 rings (SSSR count). The maximum atomic E-state index is 11.5. The van der Waals surface area contributed by atoms with Crippen LogP contribution in [0.1, 0.15) is 32.1 Å². The number of rotatable bonds is 1. The number of hydrogen-bond donors (Lipinski definition) is 0. The Balaban J connectivity index is 2.06. The van der Waals surface area contributed by atoms with Crippen LogP contribution in [0.25, 0.3) is 0 Å². The molecule has 0 N–H and O–H groups in total. The van der Waals surface area contributed by atoms with Gasteiger partial charge in [0.1, 0.15) is 0 Å². The van der Waals surface area contributed by atoms with Crippen molar-refractivity contribution < 1.29 is 4.79 Å². The van der Waals surface area contributed by atoms with Gasteiger partial charge in [0, 0.05) is 9.74 Å². The van der Waals surface area contributed by atoms with E-state index in [4.69, 9.17) is 11.6 Å². The van der Waals surface area contributed by atoms with Crippen LogP contribution < -0.4 is 0 Å². The molecule has 1 nitrogen and oxygen atoms in total. The number of alkyl halides is 1. The Morgan fingerprint density at radius 1 is 1.38 bits per heavy atom. The molecule has 4 unspecified atom stereocenters. The van der Waals surface area contributed by atoms with Crippen LogP contribution >= 0.6 is 27.5 Å². The van der Waals surface area contributed by atoms with Crippen LogP contribution in [0.3, 0.4) is 0 Å². The minimum Gasteiger partial charge on any atom is -0.281 e. The van der Waals surface area contributed by atoms with E-state index in [1.165, 1.54) is 19.3 Å². The summed E-state index contributed by atoms with van der Waals surface area (Å²) in [6.07, 6.45) is 5.72. The lowest BCUT2D eigenvalue weighted by Gasteiger charge is -2.35. The zero-order chi connectivity index (χ0) is 9.27. The Bertz CT molecular complexity index is 293. The predicted octanol–water partition coefficient (Wildman–Crippen LogP) is 3.10. The van der Waals surface area contributed by atoms with Gasteiger partial charge in [-0.25, -0.2) is 0 Å². The first-order chi connectivity index (χ1) is 6.04. The first-order valence-corrected chi connectivity index (χ1v) is 6.10. The van der Waals surface area contributed by atoms with Crippen LogP contribution in [0, 0.1) is 17.3 Å². The van der Waals surface area contributed by atoms with Crippen molar-refractivity contribution in [2.75, 3.05) is 0 Å². The molecule has 0 aromatic rings. The van der Waals surface area contributed by atoms with Crippen molar-refractivity contribution in [2.24, 2.45) is 17.3 Å². The lowest BCUT2D eigenvalue weighted by molar-refractivity contribution is -0.121. The topological polar surface area (TPSA) is 17.1 Å². The van der Waals surface area contributed by atoms with Crippen LogP contribution in [0.4, 0.5) is 0 Å². The molecule has 0 amide bonds. The molecule has 0 aliphatic heterocycles. The molecule has 4 bridgehead atoms. The summed E-state index contributed by atoms with van der Waals surface area (Å²) < 4.78 is 0.267. The summed E-state index contributed by atoms with van der Waals surface area (Å²) in [5.74, 6) is 1.34. The molecular weight excluding hydrogens is 251 g/mol. The minimum absolute atomic E-state index is 0.0685. The second-order valence-corrected chi connectivity index (χ2v) is 7.19. The zero-order valence-electron chi connectivity index (χ0n) is 7.35. The minimum atomic E-state index is -0.131. The molecule has 72 valence electrons. The van der Waals surface area contributed by atoms with E-state index in [2.05, 4.69) is 15.9 Å². The number of carbonyl (C=O) groups excluding carboxylic acids is 1. The van der Waals surface area contributed by atoms with Crippen molar-refractivity contribution in [2.45, 2.75) is 36.4 Å². The monoisotopic (exact) mass is 262 g/mol. The summed E-state index contributed by atoms with van der Waals surface area (Å²) >= 11 is 9.56. The van der Waals surface area contributed by atoms with Crippen molar-refractivity contribution in [3.63, 3.8) is 0 Å². The highest BCUT2D eigenvalue weighted by Gasteiger charge is 2.65. The number of hydrogen-bond acceptors (Lipinski definition) is 1. The Morgan fingerprint density at radius 3 is 2.69 bits per heavy atom. The molecule has 3 heteroatoms. The first kappa shape index (κ1) is 8.72. The zero-order valence-corrected chi connectivity index (χ0v) is 9.70. The third-order valence-corrected chi connectivity index (χ3v) is 5.65. The van der Waals surface area contributed by atoms with E-state index in [0.29, 0.717) is 5.92 Å². The van der Waals surface area contributed by atoms with Gasteiger partial charge in [-0.2, -0.15) is 0 Å². The summed E-state index contributed by atoms with van der Waals surface area (Å²) in [7, 11) is 0. The van der Waals surface area contributed by atoms with Crippen molar-refractivity contribution in [1.82, 2.24) is 0 Å². The molecule has 4 atom stereocenters. The second kappa shape index (κ2) is 2.33. The van der Waals surface area contributed by atoms with Gasteiger partial charge in [0.05, 0.1) is 0 Å². The fourth-order valence-electron chi connectivity index (χ4n) is 4.11. The van der Waals surface area contributed by atoms with E-state index in [9.17, 15) is 4.79 Å². The maximum absolute atomic E-state index is 11.5. The fraction of sp³-hybridized carbons (Fsp3) is 0.900. The molecule has 0 heterocycles. The normalized spacial score (nSPS) is 57.4. The smallest absolute Gasteiger partial charge is 0.228 e. The molecule has 4 aliphatic rings. The average molecular weight is 264 g/mol. The Hall–Kier alpha value is 0.440. The highest BCUT2D eigenvalue weighted by atomic mass is 79.9. The molecule has 0 saturated heterocycles. The Morgan fingerprint density at radius 2 is 2.15 bits per heavy atom. The largest absolute Gasteiger partial charge is 0.281 e. The van der Waals surface area contributed by atoms with E-state index in [0.717, 1.165) is 18.8 Å². The number of carbonyl (C=O) groups is 1. The Kier molecular flexibility index (Phi) is 1.56. The standard InChI is InChI=1S/C10H12BrClO/c11-9-2-6-1-7(4-9)10(3-6,5-9)8(12)13/h6-7H,1-5H2. The van der Waals surface area contributed by atoms with E-state index in [1.807, 2.05) is 0 Å². The van der Waals surface area contributed by atoms with Gasteiger partial charge in [0.2, 0.25) is 5.24 Å². The third-order valence-electron chi connectivity index (χ3n) is 4.34. The van der Waals surface area contributed by atoms with Crippen LogP contribution in [0.5, 0.6) is 0 Å². The van der Waals surface area contributed by atoms with Crippen LogP contribution in [0.2, 0.25) is 0 Å². The average Bonchev–Trinajstić information content (AvgIpc) is 2.33. The van der Waals surface area contributed by atoms with Crippen LogP contribution in [0.15, 0.2) is 0 Å². The molecule has 0 aromatic heterocycles. The molecule has 4 saturated carbocycles. The number of halogens is 2. The summed E-state index contributed by atoms with van der Waals surface area (Å²) in [6, 6.07) is 0. The van der Waals surface area contributed by atoms with Gasteiger partial charge in [0.25, 0.3) is 0 Å². The van der Waals surface area contributed by atoms with Gasteiger partial charge in [-0.1, -0.05) is 15.9 Å². The van der Waals surface area contributed by atoms with Crippen LogP contribution in [-0.2, 0) is 4.79 Å². The first-order valence-electron chi connectivity index (χ1n) is 4.93. The second-order valence-electron chi connectivity index (χ2n) is 5.17. The van der Waals surface area contributed by atoms with Gasteiger partial charge in [-0.3, -0.25) is 4.79 Å². The van der Waals surface area contributed by atoms with Gasteiger partial charge in [-0.05, 0) is 55.5 Å². The predicted molar refractivity (Wildman–Crippen MR) is 55.0 cm³/mol. The molecule has 4 fully saturated rings. The van der Waals surface area contributed by atoms with Crippen molar-refractivity contribution in [3.05, 3.63) is 0 Å². The van der Waals surface area contributed by atoms with Gasteiger partial charge in [-0.15, -0.1) is 0 Å². The van der Waals surface area contributed by atoms with Crippen molar-refractivity contribution >= 4 is 32.8 Å². The third kappa shape index (κ3) is 0.967. The molecule has 4 aliphatic carbocycles. The van der Waals surface area contributed by atoms with Gasteiger partial charge >= 0.3 is 0 Å². The summed E-state index contributed by atoms with van der Waals surface area (Å²) in [5.41, 5.74) is -0.131. The van der Waals surface area contributed by atoms with Gasteiger partial charge < -0.3 is 0 Å². The van der Waals surface area contributed by atoms with E-state index in [1.54, 1.807) is 0 Å². The fourth-order valence-corrected chi connectivity index (χ4v) is 5.75. The van der Waals surface area contributed by atoms with Crippen LogP contribution in [-0.4, -0.2) is 9.57 Å². The van der Waals surface area contributed by atoms with E-state index in [-0.39, 0.29) is 15.0 Å². The lowest BCUT2D eigenvalue weighted by Crippen LogP contribution is -2.33. The quantitative estimate of drug-likeness (QED) is 0.525. The highest BCUT2D eigenvalue weighted by molar-refractivity contribution is 9.10. The maximum Gasteiger partial charge on any atom is 0.228 e. The summed E-state index contributed by atoms with van der Waals surface area (Å²) in [6.45, 7) is 0. The van der Waals surface area contributed by atoms with E-state index >= 15 is 0 Å². The van der Waals surface area contributed by atoms with E-state index < -0.39 is 0 Å². The molecule has 13 heavy (non-hydrogen) atoms. The molecular formula is C10H12BrClO. The SMILES string of the molecule is O=C(Cl)C12CC3CC1CC(Br)(C3)C2. The molecule has 0 aromatic carbocycles. The lowest BCUT2D eigenvalue weighted by atomic mass is 9.76. The summed E-state index contributed by atoms with van der Waals surface area (Å²) in [4.78, 5) is 11.5. The molecule has 0 spiro atoms. The van der Waals surface area contributed by atoms with Crippen molar-refractivity contribution in [3.8, 4) is 0 Å². The summed E-state index contributed by atoms with van der Waals surface area (Å²) in [5, 5.41) is -0.0685. The Labute approximate surface area is 91.3 Å². The molecule has 0 radical (unpaired) electrons. The van der Waals surface area contributed by atoms with Gasteiger partial charge in [0.15, 0.2) is 0 Å². The highest BCUT2D eigenvalue weighted by Crippen LogP contribution is 2.70. The van der Waals surface area contributed by atoms with Crippen molar-refractivity contribution in [1.29, 1.82) is 0 Å².